The van der Waals surface area contributed by atoms with Gasteiger partial charge in [-0.25, -0.2) is 14.4 Å². The molecule has 0 saturated carbocycles. The fourth-order valence-electron chi connectivity index (χ4n) is 3.09. The summed E-state index contributed by atoms with van der Waals surface area (Å²) in [4.78, 5) is 25.3. The minimum Gasteiger partial charge on any atom is -0.339 e. The number of halogens is 1. The molecule has 1 amide bonds. The van der Waals surface area contributed by atoms with Crippen molar-refractivity contribution in [3.05, 3.63) is 53.1 Å². The van der Waals surface area contributed by atoms with E-state index in [4.69, 9.17) is 0 Å². The Labute approximate surface area is 147 Å². The molecule has 1 atom stereocenters. The normalized spacial score (nSPS) is 17.4. The molecule has 0 N–H and O–H groups in total. The summed E-state index contributed by atoms with van der Waals surface area (Å²) in [5, 5.41) is 0. The lowest BCUT2D eigenvalue weighted by Crippen LogP contribution is -2.49. The summed E-state index contributed by atoms with van der Waals surface area (Å²) in [5.74, 6) is 0.192. The van der Waals surface area contributed by atoms with Crippen molar-refractivity contribution >= 4 is 11.9 Å². The van der Waals surface area contributed by atoms with Crippen molar-refractivity contribution in [1.82, 2.24) is 14.9 Å². The van der Waals surface area contributed by atoms with Gasteiger partial charge in [0, 0.05) is 44.1 Å². The van der Waals surface area contributed by atoms with Gasteiger partial charge in [0.2, 0.25) is 5.95 Å². The van der Waals surface area contributed by atoms with E-state index in [-0.39, 0.29) is 17.8 Å². The third kappa shape index (κ3) is 3.78. The highest BCUT2D eigenvalue weighted by atomic mass is 19.1. The standard InChI is InChI=1S/C19H23FN4O/c1-13-10-21-19(22-11-13)23(3)16-5-4-8-24(12-16)18(25)15-7-6-14(2)17(20)9-15/h6-7,9-11,16H,4-5,8,12H2,1-3H3. The quantitative estimate of drug-likeness (QED) is 0.860. The van der Waals surface area contributed by atoms with Crippen molar-refractivity contribution in [2.24, 2.45) is 0 Å². The van der Waals surface area contributed by atoms with Gasteiger partial charge in [0.05, 0.1) is 0 Å². The van der Waals surface area contributed by atoms with Crippen LogP contribution in [0.3, 0.4) is 0 Å². The molecule has 0 bridgehead atoms. The number of nitrogens with zero attached hydrogens (tertiary/aromatic N) is 4. The summed E-state index contributed by atoms with van der Waals surface area (Å²) in [6.07, 6.45) is 5.46. The number of amides is 1. The van der Waals surface area contributed by atoms with E-state index in [9.17, 15) is 9.18 Å². The number of carbonyl (C=O) groups excluding carboxylic acids is 1. The molecular formula is C19H23FN4O. The number of piperidine rings is 1. The van der Waals surface area contributed by atoms with Gasteiger partial charge in [0.1, 0.15) is 5.82 Å². The van der Waals surface area contributed by atoms with Crippen molar-refractivity contribution in [1.29, 1.82) is 0 Å². The maximum absolute atomic E-state index is 13.8. The second-order valence-electron chi connectivity index (χ2n) is 6.68. The molecule has 25 heavy (non-hydrogen) atoms. The van der Waals surface area contributed by atoms with Crippen molar-refractivity contribution < 1.29 is 9.18 Å². The Morgan fingerprint density at radius 2 is 2.00 bits per heavy atom. The lowest BCUT2D eigenvalue weighted by molar-refractivity contribution is 0.0706. The maximum Gasteiger partial charge on any atom is 0.254 e. The summed E-state index contributed by atoms with van der Waals surface area (Å²) >= 11 is 0. The van der Waals surface area contributed by atoms with Crippen LogP contribution in [0.2, 0.25) is 0 Å². The fourth-order valence-corrected chi connectivity index (χ4v) is 3.09. The number of rotatable bonds is 3. The summed E-state index contributed by atoms with van der Waals surface area (Å²) < 4.78 is 13.8. The number of carbonyl (C=O) groups is 1. The molecule has 5 nitrogen and oxygen atoms in total. The molecule has 3 rings (SSSR count). The van der Waals surface area contributed by atoms with Crippen LogP contribution >= 0.6 is 0 Å². The van der Waals surface area contributed by atoms with E-state index in [1.54, 1.807) is 36.4 Å². The molecule has 0 radical (unpaired) electrons. The molecule has 1 unspecified atom stereocenters. The molecule has 2 heterocycles. The number of aromatic nitrogens is 2. The Hall–Kier alpha value is -2.50. The van der Waals surface area contributed by atoms with E-state index in [0.717, 1.165) is 18.4 Å². The number of aryl methyl sites for hydroxylation is 2. The molecular weight excluding hydrogens is 319 g/mol. The molecule has 0 spiro atoms. The van der Waals surface area contributed by atoms with Crippen LogP contribution < -0.4 is 4.90 Å². The van der Waals surface area contributed by atoms with Crippen molar-refractivity contribution in [2.75, 3.05) is 25.0 Å². The summed E-state index contributed by atoms with van der Waals surface area (Å²) in [7, 11) is 1.95. The molecule has 1 aliphatic heterocycles. The van der Waals surface area contributed by atoms with Crippen molar-refractivity contribution in [3.63, 3.8) is 0 Å². The maximum atomic E-state index is 13.8. The third-order valence-corrected chi connectivity index (χ3v) is 4.73. The fraction of sp³-hybridized carbons (Fsp3) is 0.421. The first-order chi connectivity index (χ1) is 12.0. The number of benzene rings is 1. The summed E-state index contributed by atoms with van der Waals surface area (Å²) in [6.45, 7) is 4.91. The van der Waals surface area contributed by atoms with Crippen LogP contribution in [0.1, 0.15) is 34.3 Å². The third-order valence-electron chi connectivity index (χ3n) is 4.73. The molecule has 1 aromatic heterocycles. The molecule has 132 valence electrons. The van der Waals surface area contributed by atoms with E-state index >= 15 is 0 Å². The minimum absolute atomic E-state index is 0.123. The lowest BCUT2D eigenvalue weighted by Gasteiger charge is -2.37. The van der Waals surface area contributed by atoms with E-state index in [1.165, 1.54) is 6.07 Å². The van der Waals surface area contributed by atoms with Gasteiger partial charge in [0.15, 0.2) is 0 Å². The Balaban J connectivity index is 1.72. The first-order valence-electron chi connectivity index (χ1n) is 8.52. The molecule has 6 heteroatoms. The summed E-state index contributed by atoms with van der Waals surface area (Å²) in [5.41, 5.74) is 1.96. The highest BCUT2D eigenvalue weighted by Crippen LogP contribution is 2.21. The van der Waals surface area contributed by atoms with Crippen LogP contribution in [0.15, 0.2) is 30.6 Å². The number of likely N-dealkylation sites (N-methyl/N-ethyl adjacent to an activating group) is 1. The van der Waals surface area contributed by atoms with Crippen LogP contribution in [0, 0.1) is 19.7 Å². The van der Waals surface area contributed by atoms with E-state index in [2.05, 4.69) is 9.97 Å². The van der Waals surface area contributed by atoms with Crippen LogP contribution in [-0.4, -0.2) is 47.0 Å². The number of likely N-dealkylation sites (tertiary alicyclic amines) is 1. The van der Waals surface area contributed by atoms with E-state index < -0.39 is 0 Å². The molecule has 0 aliphatic carbocycles. The Bertz CT molecular complexity index is 763. The van der Waals surface area contributed by atoms with E-state index in [0.29, 0.717) is 30.2 Å². The molecule has 2 aromatic rings. The Morgan fingerprint density at radius 1 is 1.28 bits per heavy atom. The van der Waals surface area contributed by atoms with Gasteiger partial charge in [-0.2, -0.15) is 0 Å². The predicted octanol–water partition coefficient (Wildman–Crippen LogP) is 2.97. The highest BCUT2D eigenvalue weighted by Gasteiger charge is 2.28. The van der Waals surface area contributed by atoms with Gasteiger partial charge in [-0.05, 0) is 49.9 Å². The van der Waals surface area contributed by atoms with E-state index in [1.807, 2.05) is 18.9 Å². The van der Waals surface area contributed by atoms with Crippen LogP contribution in [-0.2, 0) is 0 Å². The zero-order chi connectivity index (χ0) is 18.0. The average molecular weight is 342 g/mol. The van der Waals surface area contributed by atoms with Gasteiger partial charge in [-0.1, -0.05) is 6.07 Å². The molecule has 1 fully saturated rings. The minimum atomic E-state index is -0.343. The van der Waals surface area contributed by atoms with Crippen molar-refractivity contribution in [3.8, 4) is 0 Å². The van der Waals surface area contributed by atoms with Gasteiger partial charge < -0.3 is 9.80 Å². The zero-order valence-corrected chi connectivity index (χ0v) is 14.9. The zero-order valence-electron chi connectivity index (χ0n) is 14.9. The largest absolute Gasteiger partial charge is 0.339 e. The second kappa shape index (κ2) is 7.17. The van der Waals surface area contributed by atoms with Crippen LogP contribution in [0.4, 0.5) is 10.3 Å². The SMILES string of the molecule is Cc1cnc(N(C)C2CCCN(C(=O)c3ccc(C)c(F)c3)C2)nc1. The first kappa shape index (κ1) is 17.3. The molecule has 1 saturated heterocycles. The second-order valence-corrected chi connectivity index (χ2v) is 6.68. The van der Waals surface area contributed by atoms with Crippen LogP contribution in [0.5, 0.6) is 0 Å². The topological polar surface area (TPSA) is 49.3 Å². The number of hydrogen-bond donors (Lipinski definition) is 0. The smallest absolute Gasteiger partial charge is 0.254 e. The van der Waals surface area contributed by atoms with Crippen molar-refractivity contribution in [2.45, 2.75) is 32.7 Å². The van der Waals surface area contributed by atoms with Gasteiger partial charge >= 0.3 is 0 Å². The molecule has 1 aromatic carbocycles. The average Bonchev–Trinajstić information content (AvgIpc) is 2.63. The number of anilines is 1. The summed E-state index contributed by atoms with van der Waals surface area (Å²) in [6, 6.07) is 4.82. The monoisotopic (exact) mass is 342 g/mol. The predicted molar refractivity (Wildman–Crippen MR) is 95.2 cm³/mol. The van der Waals surface area contributed by atoms with Gasteiger partial charge in [-0.15, -0.1) is 0 Å². The van der Waals surface area contributed by atoms with Gasteiger partial charge in [-0.3, -0.25) is 4.79 Å². The molecule has 1 aliphatic rings. The highest BCUT2D eigenvalue weighted by molar-refractivity contribution is 5.94. The Kier molecular flexibility index (Phi) is 4.97. The lowest BCUT2D eigenvalue weighted by atomic mass is 10.0. The van der Waals surface area contributed by atoms with Crippen LogP contribution in [0.25, 0.3) is 0 Å². The number of hydrogen-bond acceptors (Lipinski definition) is 4. The Morgan fingerprint density at radius 3 is 2.68 bits per heavy atom. The first-order valence-corrected chi connectivity index (χ1v) is 8.52. The van der Waals surface area contributed by atoms with Gasteiger partial charge in [0.25, 0.3) is 5.91 Å².